The molecule has 0 aliphatic heterocycles. The average molecular weight is 310 g/mol. The highest BCUT2D eigenvalue weighted by Gasteiger charge is 2.14. The second kappa shape index (κ2) is 5.26. The van der Waals surface area contributed by atoms with Gasteiger partial charge in [0.1, 0.15) is 4.60 Å². The molecule has 2 rings (SSSR count). The van der Waals surface area contributed by atoms with Crippen LogP contribution in [0.4, 0.5) is 5.82 Å². The molecule has 1 N–H and O–H groups in total. The Morgan fingerprint density at radius 2 is 2.22 bits per heavy atom. The van der Waals surface area contributed by atoms with Crippen molar-refractivity contribution in [3.63, 3.8) is 0 Å². The first-order chi connectivity index (χ1) is 8.60. The Labute approximate surface area is 113 Å². The summed E-state index contributed by atoms with van der Waals surface area (Å²) >= 11 is 3.18. The van der Waals surface area contributed by atoms with Gasteiger partial charge < -0.3 is 5.32 Å². The Balaban J connectivity index is 2.19. The predicted molar refractivity (Wildman–Crippen MR) is 70.3 cm³/mol. The van der Waals surface area contributed by atoms with Crippen molar-refractivity contribution in [3.8, 4) is 0 Å². The van der Waals surface area contributed by atoms with Crippen LogP contribution in [0.1, 0.15) is 23.0 Å². The molecular weight excluding hydrogens is 298 g/mol. The van der Waals surface area contributed by atoms with Gasteiger partial charge in [0.15, 0.2) is 5.82 Å². The molecule has 2 heterocycles. The molecule has 18 heavy (non-hydrogen) atoms. The molecular formula is C11H12BrN5O. The van der Waals surface area contributed by atoms with Gasteiger partial charge in [0.25, 0.3) is 5.91 Å². The molecule has 0 atom stereocenters. The third kappa shape index (κ3) is 2.73. The highest BCUT2D eigenvalue weighted by molar-refractivity contribution is 9.10. The Morgan fingerprint density at radius 3 is 2.83 bits per heavy atom. The van der Waals surface area contributed by atoms with Crippen LogP contribution >= 0.6 is 15.9 Å². The molecule has 0 bridgehead atoms. The van der Waals surface area contributed by atoms with Crippen LogP contribution in [0, 0.1) is 0 Å². The van der Waals surface area contributed by atoms with E-state index in [4.69, 9.17) is 0 Å². The van der Waals surface area contributed by atoms with Gasteiger partial charge in [-0.15, -0.1) is 0 Å². The lowest BCUT2D eigenvalue weighted by molar-refractivity contribution is 0.102. The number of nitrogens with one attached hydrogen (secondary N) is 1. The maximum Gasteiger partial charge on any atom is 0.260 e. The highest BCUT2D eigenvalue weighted by Crippen LogP contribution is 2.11. The number of hydrogen-bond acceptors (Lipinski definition) is 4. The third-order valence-corrected chi connectivity index (χ3v) is 2.76. The van der Waals surface area contributed by atoms with E-state index in [-0.39, 0.29) is 5.91 Å². The predicted octanol–water partition coefficient (Wildman–Crippen LogP) is 1.79. The zero-order valence-corrected chi connectivity index (χ0v) is 11.6. The lowest BCUT2D eigenvalue weighted by atomic mass is 10.2. The molecule has 0 saturated heterocycles. The van der Waals surface area contributed by atoms with E-state index in [2.05, 4.69) is 36.3 Å². The second-order valence-corrected chi connectivity index (χ2v) is 4.51. The fourth-order valence-electron chi connectivity index (χ4n) is 1.55. The summed E-state index contributed by atoms with van der Waals surface area (Å²) in [5.74, 6) is 0.186. The summed E-state index contributed by atoms with van der Waals surface area (Å²) in [7, 11) is 1.79. The fourth-order valence-corrected chi connectivity index (χ4v) is 1.75. The molecule has 0 fully saturated rings. The van der Waals surface area contributed by atoms with Gasteiger partial charge in [-0.05, 0) is 22.4 Å². The van der Waals surface area contributed by atoms with Gasteiger partial charge >= 0.3 is 0 Å². The van der Waals surface area contributed by atoms with Gasteiger partial charge in [0.2, 0.25) is 0 Å². The monoisotopic (exact) mass is 309 g/mol. The number of amides is 1. The first kappa shape index (κ1) is 12.7. The molecule has 1 amide bonds. The van der Waals surface area contributed by atoms with Crippen molar-refractivity contribution in [3.05, 3.63) is 34.5 Å². The van der Waals surface area contributed by atoms with Crippen molar-refractivity contribution in [2.75, 3.05) is 5.32 Å². The van der Waals surface area contributed by atoms with E-state index in [0.717, 1.165) is 5.69 Å². The first-order valence-electron chi connectivity index (χ1n) is 5.41. The molecule has 0 saturated carbocycles. The van der Waals surface area contributed by atoms with Crippen molar-refractivity contribution in [1.82, 2.24) is 19.7 Å². The van der Waals surface area contributed by atoms with E-state index in [1.807, 2.05) is 6.92 Å². The standard InChI is InChI=1S/C11H12BrN5O/c1-3-8-7(6-17(2)16-8)11(18)15-10-5-13-9(12)4-14-10/h4-6H,3H2,1-2H3,(H,14,15,18). The number of halogens is 1. The molecule has 0 radical (unpaired) electrons. The zero-order chi connectivity index (χ0) is 13.1. The Bertz CT molecular complexity index is 563. The smallest absolute Gasteiger partial charge is 0.260 e. The van der Waals surface area contributed by atoms with E-state index in [1.165, 1.54) is 12.4 Å². The largest absolute Gasteiger partial charge is 0.305 e. The summed E-state index contributed by atoms with van der Waals surface area (Å²) < 4.78 is 2.25. The van der Waals surface area contributed by atoms with Gasteiger partial charge in [-0.25, -0.2) is 9.97 Å². The van der Waals surface area contributed by atoms with Crippen LogP contribution in [0.25, 0.3) is 0 Å². The van der Waals surface area contributed by atoms with Gasteiger partial charge in [-0.2, -0.15) is 5.10 Å². The van der Waals surface area contributed by atoms with E-state index < -0.39 is 0 Å². The Hall–Kier alpha value is -1.76. The first-order valence-corrected chi connectivity index (χ1v) is 6.21. The molecule has 7 heteroatoms. The van der Waals surface area contributed by atoms with Crippen molar-refractivity contribution < 1.29 is 4.79 Å². The summed E-state index contributed by atoms with van der Waals surface area (Å²) in [5, 5.41) is 6.90. The normalized spacial score (nSPS) is 10.4. The van der Waals surface area contributed by atoms with Crippen LogP contribution in [0.2, 0.25) is 0 Å². The molecule has 0 aliphatic rings. The second-order valence-electron chi connectivity index (χ2n) is 3.70. The van der Waals surface area contributed by atoms with Crippen LogP contribution in [-0.2, 0) is 13.5 Å². The highest BCUT2D eigenvalue weighted by atomic mass is 79.9. The number of anilines is 1. The SMILES string of the molecule is CCc1nn(C)cc1C(=O)Nc1cnc(Br)cn1. The molecule has 2 aromatic rings. The summed E-state index contributed by atoms with van der Waals surface area (Å²) in [5.41, 5.74) is 1.32. The molecule has 6 nitrogen and oxygen atoms in total. The van der Waals surface area contributed by atoms with E-state index in [9.17, 15) is 4.79 Å². The quantitative estimate of drug-likeness (QED) is 0.938. The fraction of sp³-hybridized carbons (Fsp3) is 0.273. The summed E-state index contributed by atoms with van der Waals surface area (Å²) in [6, 6.07) is 0. The number of nitrogens with zero attached hydrogens (tertiary/aromatic N) is 4. The van der Waals surface area contributed by atoms with Crippen molar-refractivity contribution in [1.29, 1.82) is 0 Å². The minimum atomic E-state index is -0.225. The van der Waals surface area contributed by atoms with Crippen LogP contribution in [0.15, 0.2) is 23.2 Å². The molecule has 0 unspecified atom stereocenters. The molecule has 0 aromatic carbocycles. The number of aryl methyl sites for hydroxylation is 2. The van der Waals surface area contributed by atoms with Crippen molar-refractivity contribution >= 4 is 27.7 Å². The molecule has 94 valence electrons. The Kier molecular flexibility index (Phi) is 3.71. The lowest BCUT2D eigenvalue weighted by Gasteiger charge is -2.03. The summed E-state index contributed by atoms with van der Waals surface area (Å²) in [6.45, 7) is 1.96. The van der Waals surface area contributed by atoms with E-state index in [0.29, 0.717) is 22.4 Å². The third-order valence-electron chi connectivity index (χ3n) is 2.35. The number of hydrogen-bond donors (Lipinski definition) is 1. The topological polar surface area (TPSA) is 72.7 Å². The van der Waals surface area contributed by atoms with E-state index in [1.54, 1.807) is 17.9 Å². The molecule has 0 spiro atoms. The molecule has 0 aliphatic carbocycles. The minimum Gasteiger partial charge on any atom is -0.305 e. The van der Waals surface area contributed by atoms with Crippen LogP contribution in [-0.4, -0.2) is 25.7 Å². The minimum absolute atomic E-state index is 0.225. The number of rotatable bonds is 3. The zero-order valence-electron chi connectivity index (χ0n) is 10.0. The van der Waals surface area contributed by atoms with Gasteiger partial charge in [0, 0.05) is 13.2 Å². The Morgan fingerprint density at radius 1 is 1.44 bits per heavy atom. The van der Waals surface area contributed by atoms with Gasteiger partial charge in [-0.3, -0.25) is 9.48 Å². The van der Waals surface area contributed by atoms with Gasteiger partial charge in [-0.1, -0.05) is 6.92 Å². The van der Waals surface area contributed by atoms with Crippen molar-refractivity contribution in [2.45, 2.75) is 13.3 Å². The van der Waals surface area contributed by atoms with Crippen LogP contribution < -0.4 is 5.32 Å². The maximum atomic E-state index is 12.0. The molecule has 2 aromatic heterocycles. The average Bonchev–Trinajstić information content (AvgIpc) is 2.73. The number of aromatic nitrogens is 4. The van der Waals surface area contributed by atoms with E-state index >= 15 is 0 Å². The number of carbonyl (C=O) groups excluding carboxylic acids is 1. The number of carbonyl (C=O) groups is 1. The van der Waals surface area contributed by atoms with Crippen molar-refractivity contribution in [2.24, 2.45) is 7.05 Å². The van der Waals surface area contributed by atoms with Crippen LogP contribution in [0.5, 0.6) is 0 Å². The maximum absolute atomic E-state index is 12.0. The lowest BCUT2D eigenvalue weighted by Crippen LogP contribution is -2.14. The summed E-state index contributed by atoms with van der Waals surface area (Å²) in [4.78, 5) is 20.1. The van der Waals surface area contributed by atoms with Crippen LogP contribution in [0.3, 0.4) is 0 Å². The summed E-state index contributed by atoms with van der Waals surface area (Å²) in [6.07, 6.45) is 5.42. The van der Waals surface area contributed by atoms with Gasteiger partial charge in [0.05, 0.1) is 23.7 Å².